The van der Waals surface area contributed by atoms with Gasteiger partial charge in [0.15, 0.2) is 0 Å². The van der Waals surface area contributed by atoms with Crippen molar-refractivity contribution < 1.29 is 0 Å². The predicted octanol–water partition coefficient (Wildman–Crippen LogP) is 3.28. The van der Waals surface area contributed by atoms with Gasteiger partial charge in [-0.25, -0.2) is 0 Å². The summed E-state index contributed by atoms with van der Waals surface area (Å²) in [6.45, 7) is 12.9. The molecule has 0 spiro atoms. The van der Waals surface area contributed by atoms with Crippen LogP contribution in [0.1, 0.15) is 59.8 Å². The highest BCUT2D eigenvalue weighted by Gasteiger charge is 2.27. The van der Waals surface area contributed by atoms with Gasteiger partial charge >= 0.3 is 0 Å². The molecule has 17 heavy (non-hydrogen) atoms. The van der Waals surface area contributed by atoms with Crippen LogP contribution in [0.3, 0.4) is 0 Å². The highest BCUT2D eigenvalue weighted by atomic mass is 15.2. The molecule has 1 aliphatic rings. The molecule has 1 N–H and O–H groups in total. The van der Waals surface area contributed by atoms with E-state index in [2.05, 4.69) is 37.9 Å². The first-order chi connectivity index (χ1) is 8.09. The van der Waals surface area contributed by atoms with E-state index in [4.69, 9.17) is 0 Å². The average Bonchev–Trinajstić information content (AvgIpc) is 3.05. The van der Waals surface area contributed by atoms with E-state index in [1.54, 1.807) is 0 Å². The number of nitrogens with one attached hydrogen (secondary N) is 1. The molecule has 0 unspecified atom stereocenters. The molecule has 0 aliphatic heterocycles. The zero-order valence-electron chi connectivity index (χ0n) is 12.3. The van der Waals surface area contributed by atoms with E-state index >= 15 is 0 Å². The smallest absolute Gasteiger partial charge is 0.00964 e. The maximum absolute atomic E-state index is 3.50. The molecule has 102 valence electrons. The Kier molecular flexibility index (Phi) is 7.14. The van der Waals surface area contributed by atoms with Gasteiger partial charge in [-0.2, -0.15) is 0 Å². The molecular formula is C15H32N2. The minimum atomic E-state index is 0.635. The second kappa shape index (κ2) is 8.10. The molecule has 0 aromatic rings. The van der Waals surface area contributed by atoms with Crippen molar-refractivity contribution in [3.63, 3.8) is 0 Å². The van der Waals surface area contributed by atoms with Gasteiger partial charge in [-0.05, 0) is 57.7 Å². The number of rotatable bonds is 10. The van der Waals surface area contributed by atoms with Gasteiger partial charge in [0.25, 0.3) is 0 Å². The molecule has 0 aromatic carbocycles. The minimum absolute atomic E-state index is 0.635. The fraction of sp³-hybridized carbons (Fsp3) is 1.00. The number of hydrogen-bond acceptors (Lipinski definition) is 2. The summed E-state index contributed by atoms with van der Waals surface area (Å²) in [5, 5.41) is 3.50. The van der Waals surface area contributed by atoms with Crippen LogP contribution in [-0.2, 0) is 0 Å². The molecule has 0 atom stereocenters. The molecule has 0 saturated heterocycles. The number of unbranched alkanes of at least 4 members (excludes halogenated alkanes) is 1. The summed E-state index contributed by atoms with van der Waals surface area (Å²) >= 11 is 0. The van der Waals surface area contributed by atoms with Gasteiger partial charge in [-0.3, -0.25) is 0 Å². The van der Waals surface area contributed by atoms with Crippen molar-refractivity contribution in [2.24, 2.45) is 5.92 Å². The minimum Gasteiger partial charge on any atom is -0.315 e. The number of hydrogen-bond donors (Lipinski definition) is 1. The van der Waals surface area contributed by atoms with Crippen molar-refractivity contribution >= 4 is 0 Å². The van der Waals surface area contributed by atoms with E-state index in [1.807, 2.05) is 0 Å². The molecule has 0 radical (unpaired) electrons. The van der Waals surface area contributed by atoms with Gasteiger partial charge in [0.1, 0.15) is 0 Å². The van der Waals surface area contributed by atoms with Crippen molar-refractivity contribution in [2.75, 3.05) is 19.6 Å². The van der Waals surface area contributed by atoms with Crippen LogP contribution in [0, 0.1) is 5.92 Å². The summed E-state index contributed by atoms with van der Waals surface area (Å²) < 4.78 is 0. The first-order valence-electron chi connectivity index (χ1n) is 7.57. The van der Waals surface area contributed by atoms with E-state index in [1.165, 1.54) is 51.7 Å². The molecule has 1 rings (SSSR count). The Morgan fingerprint density at radius 2 is 1.76 bits per heavy atom. The summed E-state index contributed by atoms with van der Waals surface area (Å²) in [7, 11) is 0. The Labute approximate surface area is 108 Å². The van der Waals surface area contributed by atoms with E-state index in [9.17, 15) is 0 Å². The van der Waals surface area contributed by atoms with Gasteiger partial charge in [0.2, 0.25) is 0 Å². The van der Waals surface area contributed by atoms with Crippen molar-refractivity contribution in [1.29, 1.82) is 0 Å². The van der Waals surface area contributed by atoms with Crippen molar-refractivity contribution in [1.82, 2.24) is 10.2 Å². The van der Waals surface area contributed by atoms with Crippen LogP contribution < -0.4 is 5.32 Å². The van der Waals surface area contributed by atoms with Gasteiger partial charge < -0.3 is 10.2 Å². The summed E-state index contributed by atoms with van der Waals surface area (Å²) in [6, 6.07) is 1.57. The van der Waals surface area contributed by atoms with Crippen LogP contribution in [0.2, 0.25) is 0 Å². The molecule has 2 heteroatoms. The molecule has 2 nitrogen and oxygen atoms in total. The maximum atomic E-state index is 3.50. The van der Waals surface area contributed by atoms with Gasteiger partial charge in [0.05, 0.1) is 0 Å². The third-order valence-corrected chi connectivity index (χ3v) is 3.48. The quantitative estimate of drug-likeness (QED) is 0.590. The highest BCUT2D eigenvalue weighted by Crippen LogP contribution is 2.27. The average molecular weight is 240 g/mol. The first kappa shape index (κ1) is 15.0. The lowest BCUT2D eigenvalue weighted by Crippen LogP contribution is -2.30. The normalized spacial score (nSPS) is 16.4. The number of nitrogens with zero attached hydrogens (tertiary/aromatic N) is 1. The van der Waals surface area contributed by atoms with Crippen LogP contribution in [0.15, 0.2) is 0 Å². The zero-order valence-corrected chi connectivity index (χ0v) is 12.3. The Hall–Kier alpha value is -0.0800. The molecule has 0 amide bonds. The lowest BCUT2D eigenvalue weighted by Gasteiger charge is -2.23. The summed E-state index contributed by atoms with van der Waals surface area (Å²) in [5.41, 5.74) is 0. The second-order valence-electron chi connectivity index (χ2n) is 6.27. The van der Waals surface area contributed by atoms with E-state index < -0.39 is 0 Å². The molecule has 1 aliphatic carbocycles. The van der Waals surface area contributed by atoms with Crippen LogP contribution in [-0.4, -0.2) is 36.6 Å². The van der Waals surface area contributed by atoms with Crippen molar-refractivity contribution in [3.8, 4) is 0 Å². The molecular weight excluding hydrogens is 208 g/mol. The third kappa shape index (κ3) is 7.77. The summed E-state index contributed by atoms with van der Waals surface area (Å²) in [4.78, 5) is 2.73. The fourth-order valence-corrected chi connectivity index (χ4v) is 2.17. The molecule has 1 saturated carbocycles. The zero-order chi connectivity index (χ0) is 12.7. The van der Waals surface area contributed by atoms with E-state index in [0.717, 1.165) is 12.0 Å². The summed E-state index contributed by atoms with van der Waals surface area (Å²) in [6.07, 6.45) is 6.93. The van der Waals surface area contributed by atoms with Gasteiger partial charge in [-0.1, -0.05) is 27.7 Å². The Balaban J connectivity index is 2.04. The molecule has 1 fully saturated rings. The Morgan fingerprint density at radius 3 is 2.29 bits per heavy atom. The van der Waals surface area contributed by atoms with Crippen LogP contribution >= 0.6 is 0 Å². The Bertz CT molecular complexity index is 185. The third-order valence-electron chi connectivity index (χ3n) is 3.48. The summed E-state index contributed by atoms with van der Waals surface area (Å²) in [5.74, 6) is 0.846. The predicted molar refractivity (Wildman–Crippen MR) is 76.4 cm³/mol. The van der Waals surface area contributed by atoms with Crippen LogP contribution in [0.25, 0.3) is 0 Å². The van der Waals surface area contributed by atoms with Crippen molar-refractivity contribution in [2.45, 2.75) is 71.9 Å². The largest absolute Gasteiger partial charge is 0.315 e. The lowest BCUT2D eigenvalue weighted by molar-refractivity contribution is 0.242. The second-order valence-corrected chi connectivity index (χ2v) is 6.27. The maximum Gasteiger partial charge on any atom is 0.00964 e. The first-order valence-corrected chi connectivity index (χ1v) is 7.57. The highest BCUT2D eigenvalue weighted by molar-refractivity contribution is 4.84. The van der Waals surface area contributed by atoms with E-state index in [0.29, 0.717) is 6.04 Å². The fourth-order valence-electron chi connectivity index (χ4n) is 2.17. The van der Waals surface area contributed by atoms with Gasteiger partial charge in [0, 0.05) is 12.1 Å². The standard InChI is InChI=1S/C15H32N2/c1-13(2)9-12-17(15-7-8-15)11-6-5-10-16-14(3)4/h13-16H,5-12H2,1-4H3. The Morgan fingerprint density at radius 1 is 1.06 bits per heavy atom. The monoisotopic (exact) mass is 240 g/mol. The van der Waals surface area contributed by atoms with Crippen molar-refractivity contribution in [3.05, 3.63) is 0 Å². The molecule has 0 bridgehead atoms. The lowest BCUT2D eigenvalue weighted by atomic mass is 10.1. The van der Waals surface area contributed by atoms with E-state index in [-0.39, 0.29) is 0 Å². The van der Waals surface area contributed by atoms with Gasteiger partial charge in [-0.15, -0.1) is 0 Å². The SMILES string of the molecule is CC(C)CCN(CCCCNC(C)C)C1CC1. The molecule has 0 aromatic heterocycles. The topological polar surface area (TPSA) is 15.3 Å². The van der Waals surface area contributed by atoms with Crippen LogP contribution in [0.4, 0.5) is 0 Å². The molecule has 0 heterocycles. The van der Waals surface area contributed by atoms with Crippen LogP contribution in [0.5, 0.6) is 0 Å².